The number of fused-ring (bicyclic) bond motifs is 1. The highest BCUT2D eigenvalue weighted by Crippen LogP contribution is 2.11. The summed E-state index contributed by atoms with van der Waals surface area (Å²) in [4.78, 5) is 7.28. The van der Waals surface area contributed by atoms with E-state index in [0.717, 1.165) is 30.5 Å². The van der Waals surface area contributed by atoms with E-state index in [1.54, 1.807) is 6.33 Å². The summed E-state index contributed by atoms with van der Waals surface area (Å²) < 4.78 is 0. The Hall–Kier alpha value is -1.06. The number of aromatic nitrogens is 2. The van der Waals surface area contributed by atoms with E-state index in [0.29, 0.717) is 5.88 Å². The third-order valence-electron chi connectivity index (χ3n) is 2.30. The lowest BCUT2D eigenvalue weighted by molar-refractivity contribution is 0.678. The van der Waals surface area contributed by atoms with Crippen molar-refractivity contribution in [2.45, 2.75) is 13.0 Å². The highest BCUT2D eigenvalue weighted by Gasteiger charge is 1.97. The van der Waals surface area contributed by atoms with Crippen LogP contribution in [0.15, 0.2) is 24.5 Å². The zero-order valence-corrected chi connectivity index (χ0v) is 9.22. The third-order valence-corrected chi connectivity index (χ3v) is 2.57. The summed E-state index contributed by atoms with van der Waals surface area (Å²) in [6.07, 6.45) is 2.73. The van der Waals surface area contributed by atoms with Crippen molar-refractivity contribution in [3.05, 3.63) is 30.1 Å². The molecule has 80 valence electrons. The first-order chi connectivity index (χ1) is 7.40. The largest absolute Gasteiger partial charge is 0.345 e. The topological polar surface area (TPSA) is 40.7 Å². The summed E-state index contributed by atoms with van der Waals surface area (Å²) in [6.45, 7) is 1.84. The Labute approximate surface area is 93.9 Å². The van der Waals surface area contributed by atoms with Gasteiger partial charge in [0.15, 0.2) is 0 Å². The molecule has 3 nitrogen and oxygen atoms in total. The molecule has 0 saturated heterocycles. The lowest BCUT2D eigenvalue weighted by atomic mass is 10.2. The maximum atomic E-state index is 5.59. The number of halogens is 1. The summed E-state index contributed by atoms with van der Waals surface area (Å²) in [5.41, 5.74) is 3.37. The molecule has 1 heterocycles. The Balaban J connectivity index is 1.96. The minimum atomic E-state index is 0.715. The zero-order valence-electron chi connectivity index (χ0n) is 8.46. The average molecular weight is 224 g/mol. The summed E-state index contributed by atoms with van der Waals surface area (Å²) in [5, 5.41) is 3.34. The van der Waals surface area contributed by atoms with E-state index in [4.69, 9.17) is 11.6 Å². The maximum absolute atomic E-state index is 5.59. The molecule has 15 heavy (non-hydrogen) atoms. The van der Waals surface area contributed by atoms with Gasteiger partial charge in [-0.2, -0.15) is 0 Å². The molecule has 0 bridgehead atoms. The Morgan fingerprint density at radius 1 is 1.40 bits per heavy atom. The van der Waals surface area contributed by atoms with Gasteiger partial charge in [-0.1, -0.05) is 6.07 Å². The fraction of sp³-hybridized carbons (Fsp3) is 0.364. The molecule has 0 spiro atoms. The number of benzene rings is 1. The van der Waals surface area contributed by atoms with Gasteiger partial charge in [0, 0.05) is 12.4 Å². The van der Waals surface area contributed by atoms with Gasteiger partial charge in [-0.15, -0.1) is 11.6 Å². The monoisotopic (exact) mass is 223 g/mol. The van der Waals surface area contributed by atoms with E-state index in [1.165, 1.54) is 5.56 Å². The molecule has 0 aliphatic rings. The first kappa shape index (κ1) is 10.5. The summed E-state index contributed by atoms with van der Waals surface area (Å²) >= 11 is 5.59. The maximum Gasteiger partial charge on any atom is 0.0931 e. The number of nitrogens with one attached hydrogen (secondary N) is 2. The number of imidazole rings is 1. The van der Waals surface area contributed by atoms with Crippen molar-refractivity contribution in [3.8, 4) is 0 Å². The summed E-state index contributed by atoms with van der Waals surface area (Å²) in [5.74, 6) is 0.715. The summed E-state index contributed by atoms with van der Waals surface area (Å²) in [6, 6.07) is 6.25. The molecule has 1 aromatic heterocycles. The van der Waals surface area contributed by atoms with Crippen LogP contribution in [-0.2, 0) is 6.54 Å². The lowest BCUT2D eigenvalue weighted by Gasteiger charge is -2.03. The Bertz CT molecular complexity index is 424. The van der Waals surface area contributed by atoms with Crippen LogP contribution in [0.25, 0.3) is 11.0 Å². The summed E-state index contributed by atoms with van der Waals surface area (Å²) in [7, 11) is 0. The van der Waals surface area contributed by atoms with Gasteiger partial charge in [0.1, 0.15) is 0 Å². The molecule has 0 atom stereocenters. The van der Waals surface area contributed by atoms with E-state index in [2.05, 4.69) is 27.4 Å². The van der Waals surface area contributed by atoms with Crippen molar-refractivity contribution in [1.29, 1.82) is 0 Å². The van der Waals surface area contributed by atoms with Crippen LogP contribution in [0.1, 0.15) is 12.0 Å². The second kappa shape index (κ2) is 5.14. The highest BCUT2D eigenvalue weighted by atomic mass is 35.5. The van der Waals surface area contributed by atoms with Gasteiger partial charge >= 0.3 is 0 Å². The predicted octanol–water partition coefficient (Wildman–Crippen LogP) is 2.28. The van der Waals surface area contributed by atoms with Crippen molar-refractivity contribution in [2.24, 2.45) is 0 Å². The van der Waals surface area contributed by atoms with Crippen molar-refractivity contribution in [3.63, 3.8) is 0 Å². The zero-order chi connectivity index (χ0) is 10.5. The van der Waals surface area contributed by atoms with Gasteiger partial charge in [-0.3, -0.25) is 0 Å². The van der Waals surface area contributed by atoms with Crippen molar-refractivity contribution < 1.29 is 0 Å². The van der Waals surface area contributed by atoms with E-state index < -0.39 is 0 Å². The molecule has 4 heteroatoms. The molecular weight excluding hydrogens is 210 g/mol. The van der Waals surface area contributed by atoms with E-state index in [1.807, 2.05) is 6.07 Å². The minimum absolute atomic E-state index is 0.715. The van der Waals surface area contributed by atoms with Crippen LogP contribution in [-0.4, -0.2) is 22.4 Å². The van der Waals surface area contributed by atoms with Crippen LogP contribution >= 0.6 is 11.6 Å². The molecule has 0 aliphatic carbocycles. The van der Waals surface area contributed by atoms with Gasteiger partial charge in [0.25, 0.3) is 0 Å². The standard InChI is InChI=1S/C11H14ClN3/c12-4-1-5-13-7-9-2-3-10-11(6-9)15-8-14-10/h2-3,6,8,13H,1,4-5,7H2,(H,14,15). The number of H-pyrrole nitrogens is 1. The molecule has 0 amide bonds. The SMILES string of the molecule is ClCCCNCc1ccc2nc[nH]c2c1. The first-order valence-electron chi connectivity index (χ1n) is 5.09. The number of nitrogens with zero attached hydrogens (tertiary/aromatic N) is 1. The van der Waals surface area contributed by atoms with Crippen LogP contribution < -0.4 is 5.32 Å². The van der Waals surface area contributed by atoms with E-state index in [-0.39, 0.29) is 0 Å². The normalized spacial score (nSPS) is 11.0. The van der Waals surface area contributed by atoms with Gasteiger partial charge in [-0.25, -0.2) is 4.98 Å². The van der Waals surface area contributed by atoms with Crippen molar-refractivity contribution in [2.75, 3.05) is 12.4 Å². The molecule has 0 fully saturated rings. The van der Waals surface area contributed by atoms with Crippen molar-refractivity contribution >= 4 is 22.6 Å². The second-order valence-electron chi connectivity index (χ2n) is 3.47. The van der Waals surface area contributed by atoms with Crippen LogP contribution in [0.4, 0.5) is 0 Å². The molecule has 2 N–H and O–H groups in total. The van der Waals surface area contributed by atoms with Gasteiger partial charge < -0.3 is 10.3 Å². The molecule has 2 rings (SSSR count). The Morgan fingerprint density at radius 3 is 3.20 bits per heavy atom. The Kier molecular flexibility index (Phi) is 3.59. The van der Waals surface area contributed by atoms with Crippen LogP contribution in [0.3, 0.4) is 0 Å². The van der Waals surface area contributed by atoms with Gasteiger partial charge in [-0.05, 0) is 30.7 Å². The third kappa shape index (κ3) is 2.70. The predicted molar refractivity (Wildman–Crippen MR) is 63.1 cm³/mol. The number of rotatable bonds is 5. The first-order valence-corrected chi connectivity index (χ1v) is 5.62. The average Bonchev–Trinajstić information content (AvgIpc) is 2.71. The van der Waals surface area contributed by atoms with Crippen LogP contribution in [0, 0.1) is 0 Å². The minimum Gasteiger partial charge on any atom is -0.345 e. The lowest BCUT2D eigenvalue weighted by Crippen LogP contribution is -2.14. The van der Waals surface area contributed by atoms with Crippen LogP contribution in [0.2, 0.25) is 0 Å². The number of hydrogen-bond donors (Lipinski definition) is 2. The van der Waals surface area contributed by atoms with E-state index in [9.17, 15) is 0 Å². The number of hydrogen-bond acceptors (Lipinski definition) is 2. The second-order valence-corrected chi connectivity index (χ2v) is 3.85. The fourth-order valence-electron chi connectivity index (χ4n) is 1.52. The molecule has 0 aliphatic heterocycles. The number of aromatic amines is 1. The molecule has 0 unspecified atom stereocenters. The van der Waals surface area contributed by atoms with Gasteiger partial charge in [0.05, 0.1) is 17.4 Å². The number of alkyl halides is 1. The van der Waals surface area contributed by atoms with E-state index >= 15 is 0 Å². The highest BCUT2D eigenvalue weighted by molar-refractivity contribution is 6.17. The Morgan fingerprint density at radius 2 is 2.33 bits per heavy atom. The smallest absolute Gasteiger partial charge is 0.0931 e. The molecular formula is C11H14ClN3. The van der Waals surface area contributed by atoms with Crippen molar-refractivity contribution in [1.82, 2.24) is 15.3 Å². The van der Waals surface area contributed by atoms with Gasteiger partial charge in [0.2, 0.25) is 0 Å². The van der Waals surface area contributed by atoms with Crippen LogP contribution in [0.5, 0.6) is 0 Å². The molecule has 2 aromatic rings. The molecule has 0 radical (unpaired) electrons. The fourth-order valence-corrected chi connectivity index (χ4v) is 1.65. The molecule has 0 saturated carbocycles. The quantitative estimate of drug-likeness (QED) is 0.603. The molecule has 1 aromatic carbocycles.